The lowest BCUT2D eigenvalue weighted by molar-refractivity contribution is 0.278. The van der Waals surface area contributed by atoms with Crippen LogP contribution in [0.3, 0.4) is 0 Å². The monoisotopic (exact) mass is 261 g/mol. The van der Waals surface area contributed by atoms with E-state index in [9.17, 15) is 0 Å². The van der Waals surface area contributed by atoms with Crippen LogP contribution in [0.1, 0.15) is 0 Å². The van der Waals surface area contributed by atoms with Crippen molar-refractivity contribution >= 4 is 28.6 Å². The number of aliphatic hydroxyl groups excluding tert-OH is 1. The molecule has 2 rings (SSSR count). The molecule has 1 aromatic carbocycles. The Labute approximate surface area is 109 Å². The van der Waals surface area contributed by atoms with Crippen molar-refractivity contribution in [2.75, 3.05) is 6.61 Å². The molecule has 7 N–H and O–H groups in total. The largest absolute Gasteiger partial charge is 0.395 e. The van der Waals surface area contributed by atoms with Crippen molar-refractivity contribution in [3.63, 3.8) is 0 Å². The molecule has 0 aliphatic rings. The molecule has 0 aliphatic carbocycles. The van der Waals surface area contributed by atoms with Crippen LogP contribution in [0.15, 0.2) is 34.5 Å². The van der Waals surface area contributed by atoms with Crippen LogP contribution in [-0.4, -0.2) is 33.2 Å². The molecule has 0 bridgehead atoms. The van der Waals surface area contributed by atoms with Crippen molar-refractivity contribution in [3.05, 3.63) is 24.5 Å². The summed E-state index contributed by atoms with van der Waals surface area (Å²) in [6.45, 7) is 0.554. The van der Waals surface area contributed by atoms with Crippen molar-refractivity contribution in [3.8, 4) is 0 Å². The Morgan fingerprint density at radius 3 is 2.79 bits per heavy atom. The van der Waals surface area contributed by atoms with E-state index in [0.717, 1.165) is 11.0 Å². The maximum Gasteiger partial charge on any atom is 0.223 e. The summed E-state index contributed by atoms with van der Waals surface area (Å²) in [5, 5.41) is 8.93. The molecule has 0 radical (unpaired) electrons. The van der Waals surface area contributed by atoms with Gasteiger partial charge in [-0.25, -0.2) is 9.98 Å². The molecule has 0 aliphatic heterocycles. The van der Waals surface area contributed by atoms with Crippen LogP contribution in [0, 0.1) is 0 Å². The van der Waals surface area contributed by atoms with Gasteiger partial charge in [0.05, 0.1) is 29.7 Å². The number of aliphatic hydroxyl groups is 1. The van der Waals surface area contributed by atoms with Crippen molar-refractivity contribution < 1.29 is 5.11 Å². The van der Waals surface area contributed by atoms with Crippen molar-refractivity contribution in [2.24, 2.45) is 27.2 Å². The number of guanidine groups is 2. The molecule has 0 fully saturated rings. The number of aromatic nitrogens is 2. The molecule has 0 saturated carbocycles. The van der Waals surface area contributed by atoms with Crippen LogP contribution in [0.4, 0.5) is 5.69 Å². The predicted octanol–water partition coefficient (Wildman–Crippen LogP) is -0.752. The van der Waals surface area contributed by atoms with E-state index < -0.39 is 0 Å². The van der Waals surface area contributed by atoms with Gasteiger partial charge < -0.3 is 26.9 Å². The van der Waals surface area contributed by atoms with E-state index in [4.69, 9.17) is 22.3 Å². The quantitative estimate of drug-likeness (QED) is 0.425. The first-order valence-electron chi connectivity index (χ1n) is 5.59. The zero-order valence-electron chi connectivity index (χ0n) is 10.2. The lowest BCUT2D eigenvalue weighted by atomic mass is 10.3. The third kappa shape index (κ3) is 2.99. The number of hydrogen-bond donors (Lipinski definition) is 4. The second-order valence-corrected chi connectivity index (χ2v) is 3.84. The maximum atomic E-state index is 8.93. The molecule has 8 heteroatoms. The highest BCUT2D eigenvalue weighted by Crippen LogP contribution is 2.20. The van der Waals surface area contributed by atoms with Gasteiger partial charge in [-0.05, 0) is 18.2 Å². The summed E-state index contributed by atoms with van der Waals surface area (Å²) in [6, 6.07) is 5.38. The van der Waals surface area contributed by atoms with Gasteiger partial charge in [-0.1, -0.05) is 0 Å². The molecular formula is C11H15N7O. The molecule has 0 spiro atoms. The zero-order valence-corrected chi connectivity index (χ0v) is 10.2. The summed E-state index contributed by atoms with van der Waals surface area (Å²) in [5.74, 6) is -0.163. The Kier molecular flexibility index (Phi) is 3.62. The summed E-state index contributed by atoms with van der Waals surface area (Å²) in [4.78, 5) is 11.9. The smallest absolute Gasteiger partial charge is 0.223 e. The van der Waals surface area contributed by atoms with Crippen LogP contribution < -0.4 is 17.2 Å². The Morgan fingerprint density at radius 2 is 2.11 bits per heavy atom. The van der Waals surface area contributed by atoms with E-state index in [2.05, 4.69) is 15.0 Å². The topological polar surface area (TPSA) is 141 Å². The minimum absolute atomic E-state index is 0.0193. The average molecular weight is 261 g/mol. The van der Waals surface area contributed by atoms with Gasteiger partial charge in [-0.2, -0.15) is 4.99 Å². The molecule has 19 heavy (non-hydrogen) atoms. The van der Waals surface area contributed by atoms with Crippen LogP contribution in [0.2, 0.25) is 0 Å². The van der Waals surface area contributed by atoms with Crippen LogP contribution in [0.25, 0.3) is 11.0 Å². The summed E-state index contributed by atoms with van der Waals surface area (Å²) in [6.07, 6.45) is 1.66. The Balaban J connectivity index is 2.35. The number of nitrogens with two attached hydrogens (primary N) is 3. The van der Waals surface area contributed by atoms with E-state index in [0.29, 0.717) is 12.2 Å². The first kappa shape index (κ1) is 12.8. The third-order valence-electron chi connectivity index (χ3n) is 2.43. The number of aliphatic imine (C=N–C) groups is 2. The van der Waals surface area contributed by atoms with Crippen molar-refractivity contribution in [1.29, 1.82) is 0 Å². The number of fused-ring (bicyclic) bond motifs is 1. The second-order valence-electron chi connectivity index (χ2n) is 3.84. The normalized spacial score (nSPS) is 11.7. The molecule has 0 saturated heterocycles. The lowest BCUT2D eigenvalue weighted by Crippen LogP contribution is -2.26. The van der Waals surface area contributed by atoms with Crippen LogP contribution >= 0.6 is 0 Å². The first-order chi connectivity index (χ1) is 9.10. The summed E-state index contributed by atoms with van der Waals surface area (Å²) in [7, 11) is 0. The van der Waals surface area contributed by atoms with Gasteiger partial charge in [0, 0.05) is 6.54 Å². The highest BCUT2D eigenvalue weighted by molar-refractivity contribution is 5.94. The van der Waals surface area contributed by atoms with Gasteiger partial charge >= 0.3 is 0 Å². The molecule has 100 valence electrons. The highest BCUT2D eigenvalue weighted by Gasteiger charge is 2.03. The fourth-order valence-electron chi connectivity index (χ4n) is 1.70. The standard InChI is InChI=1S/C11H15N7O/c12-10(13)17-11(14)16-7-1-2-9-8(5-7)15-6-18(9)3-4-19/h1-2,5-6,19H,3-4H2,(H6,12,13,14,16,17). The van der Waals surface area contributed by atoms with E-state index >= 15 is 0 Å². The molecule has 1 aromatic heterocycles. The summed E-state index contributed by atoms with van der Waals surface area (Å²) >= 11 is 0. The molecule has 1 heterocycles. The Morgan fingerprint density at radius 1 is 1.32 bits per heavy atom. The van der Waals surface area contributed by atoms with E-state index in [-0.39, 0.29) is 18.5 Å². The van der Waals surface area contributed by atoms with E-state index in [1.54, 1.807) is 18.5 Å². The third-order valence-corrected chi connectivity index (χ3v) is 2.43. The summed E-state index contributed by atoms with van der Waals surface area (Å²) in [5.41, 5.74) is 18.2. The highest BCUT2D eigenvalue weighted by atomic mass is 16.3. The number of benzene rings is 1. The van der Waals surface area contributed by atoms with Gasteiger partial charge in [-0.15, -0.1) is 0 Å². The lowest BCUT2D eigenvalue weighted by Gasteiger charge is -2.01. The molecule has 0 amide bonds. The van der Waals surface area contributed by atoms with E-state index in [1.165, 1.54) is 0 Å². The first-order valence-corrected chi connectivity index (χ1v) is 5.59. The second kappa shape index (κ2) is 5.36. The minimum Gasteiger partial charge on any atom is -0.395 e. The van der Waals surface area contributed by atoms with Crippen LogP contribution in [-0.2, 0) is 6.54 Å². The number of imidazole rings is 1. The van der Waals surface area contributed by atoms with E-state index in [1.807, 2.05) is 10.6 Å². The van der Waals surface area contributed by atoms with Gasteiger partial charge in [0.15, 0.2) is 5.96 Å². The number of hydrogen-bond acceptors (Lipinski definition) is 3. The molecular weight excluding hydrogens is 246 g/mol. The maximum absolute atomic E-state index is 8.93. The Hall–Kier alpha value is -2.61. The minimum atomic E-state index is -0.144. The molecule has 2 aromatic rings. The zero-order chi connectivity index (χ0) is 13.8. The van der Waals surface area contributed by atoms with Gasteiger partial charge in [0.1, 0.15) is 0 Å². The van der Waals surface area contributed by atoms with Gasteiger partial charge in [-0.3, -0.25) is 0 Å². The number of nitrogens with zero attached hydrogens (tertiary/aromatic N) is 4. The van der Waals surface area contributed by atoms with Crippen molar-refractivity contribution in [2.45, 2.75) is 6.54 Å². The predicted molar refractivity (Wildman–Crippen MR) is 73.9 cm³/mol. The SMILES string of the molecule is NC(N)=NC(N)=Nc1ccc2c(c1)ncn2CCO. The fraction of sp³-hybridized carbons (Fsp3) is 0.182. The van der Waals surface area contributed by atoms with Gasteiger partial charge in [0.2, 0.25) is 5.96 Å². The average Bonchev–Trinajstić information content (AvgIpc) is 2.71. The van der Waals surface area contributed by atoms with Crippen LogP contribution in [0.5, 0.6) is 0 Å². The molecule has 0 unspecified atom stereocenters. The van der Waals surface area contributed by atoms with Gasteiger partial charge in [0.25, 0.3) is 0 Å². The van der Waals surface area contributed by atoms with Crippen molar-refractivity contribution in [1.82, 2.24) is 9.55 Å². The molecule has 8 nitrogen and oxygen atoms in total. The number of rotatable bonds is 3. The Bertz CT molecular complexity index is 640. The summed E-state index contributed by atoms with van der Waals surface area (Å²) < 4.78 is 1.85. The fourth-order valence-corrected chi connectivity index (χ4v) is 1.70. The molecule has 0 atom stereocenters.